The average molecular weight is 165 g/mol. The second-order valence-corrected chi connectivity index (χ2v) is 2.21. The summed E-state index contributed by atoms with van der Waals surface area (Å²) in [5.74, 6) is -0.502. The molecule has 0 radical (unpaired) electrons. The van der Waals surface area contributed by atoms with Gasteiger partial charge in [-0.1, -0.05) is 0 Å². The lowest BCUT2D eigenvalue weighted by Crippen LogP contribution is -1.88. The summed E-state index contributed by atoms with van der Waals surface area (Å²) in [5.41, 5.74) is 0.0691. The zero-order chi connectivity index (χ0) is 8.55. The molecule has 0 aliphatic carbocycles. The van der Waals surface area contributed by atoms with Gasteiger partial charge in [0.2, 0.25) is 5.82 Å². The highest BCUT2D eigenvalue weighted by molar-refractivity contribution is 5.69. The van der Waals surface area contributed by atoms with Crippen molar-refractivity contribution in [2.45, 2.75) is 0 Å². The molecule has 0 spiro atoms. The largest absolute Gasteiger partial charge is 0.294 e. The highest BCUT2D eigenvalue weighted by Gasteiger charge is 2.05. The van der Waals surface area contributed by atoms with Crippen LogP contribution in [0, 0.1) is 5.82 Å². The molecule has 0 aliphatic heterocycles. The summed E-state index contributed by atoms with van der Waals surface area (Å²) in [7, 11) is 0. The summed E-state index contributed by atoms with van der Waals surface area (Å²) < 4.78 is 14.1. The third-order valence-electron chi connectivity index (χ3n) is 1.44. The average Bonchev–Trinajstić information content (AvgIpc) is 2.49. The Hall–Kier alpha value is -1.78. The first-order valence-corrected chi connectivity index (χ1v) is 3.27. The maximum absolute atomic E-state index is 12.9. The molecule has 5 heteroatoms. The van der Waals surface area contributed by atoms with Gasteiger partial charge in [0.25, 0.3) is 0 Å². The number of aromatic nitrogens is 3. The van der Waals surface area contributed by atoms with Gasteiger partial charge in [-0.2, -0.15) is 0 Å². The number of carbonyl (C=O) groups is 1. The maximum Gasteiger partial charge on any atom is 0.215 e. The number of hydrogen-bond donors (Lipinski definition) is 0. The third kappa shape index (κ3) is 0.868. The zero-order valence-electron chi connectivity index (χ0n) is 5.94. The molecular weight excluding hydrogens is 161 g/mol. The van der Waals surface area contributed by atoms with Crippen LogP contribution in [0.5, 0.6) is 0 Å². The van der Waals surface area contributed by atoms with Crippen molar-refractivity contribution in [2.75, 3.05) is 0 Å². The molecule has 2 rings (SSSR count). The lowest BCUT2D eigenvalue weighted by Gasteiger charge is -1.88. The fourth-order valence-corrected chi connectivity index (χ4v) is 0.940. The van der Waals surface area contributed by atoms with Gasteiger partial charge >= 0.3 is 0 Å². The Bertz CT molecular complexity index is 437. The molecule has 2 aromatic rings. The van der Waals surface area contributed by atoms with Crippen molar-refractivity contribution in [1.82, 2.24) is 14.6 Å². The van der Waals surface area contributed by atoms with E-state index in [1.54, 1.807) is 0 Å². The minimum absolute atomic E-state index is 0.0138. The van der Waals surface area contributed by atoms with E-state index >= 15 is 0 Å². The van der Waals surface area contributed by atoms with Gasteiger partial charge in [-0.05, 0) is 12.1 Å². The summed E-state index contributed by atoms with van der Waals surface area (Å²) in [6, 6.07) is 2.75. The highest BCUT2D eigenvalue weighted by Crippen LogP contribution is 2.04. The first kappa shape index (κ1) is 6.90. The number of halogens is 1. The molecular formula is C7H4FN3O. The number of pyridine rings is 1. The standard InChI is InChI=1S/C7H4FN3O/c8-5-2-1-3-11-7(5)9-6(4-12)10-11/h1-4H. The van der Waals surface area contributed by atoms with E-state index in [1.165, 1.54) is 22.8 Å². The molecule has 60 valence electrons. The van der Waals surface area contributed by atoms with Gasteiger partial charge in [-0.3, -0.25) is 4.79 Å². The molecule has 0 amide bonds. The van der Waals surface area contributed by atoms with Crippen LogP contribution in [-0.2, 0) is 0 Å². The van der Waals surface area contributed by atoms with Gasteiger partial charge in [0.15, 0.2) is 17.8 Å². The van der Waals surface area contributed by atoms with Crippen molar-refractivity contribution in [3.63, 3.8) is 0 Å². The molecule has 0 saturated heterocycles. The van der Waals surface area contributed by atoms with Crippen LogP contribution in [0.1, 0.15) is 10.6 Å². The number of rotatable bonds is 1. The van der Waals surface area contributed by atoms with Gasteiger partial charge < -0.3 is 0 Å². The van der Waals surface area contributed by atoms with Crippen LogP contribution >= 0.6 is 0 Å². The van der Waals surface area contributed by atoms with Gasteiger partial charge in [0.05, 0.1) is 0 Å². The van der Waals surface area contributed by atoms with E-state index in [0.29, 0.717) is 6.29 Å². The summed E-state index contributed by atoms with van der Waals surface area (Å²) >= 11 is 0. The van der Waals surface area contributed by atoms with Gasteiger partial charge in [0.1, 0.15) is 0 Å². The predicted octanol–water partition coefficient (Wildman–Crippen LogP) is 0.681. The number of aldehydes is 1. The SMILES string of the molecule is O=Cc1nc2c(F)cccn2n1. The van der Waals surface area contributed by atoms with Crippen molar-refractivity contribution in [3.05, 3.63) is 30.0 Å². The molecule has 0 fully saturated rings. The third-order valence-corrected chi connectivity index (χ3v) is 1.44. The molecule has 12 heavy (non-hydrogen) atoms. The Balaban J connectivity index is 2.82. The summed E-state index contributed by atoms with van der Waals surface area (Å²) in [6.45, 7) is 0. The molecule has 0 bridgehead atoms. The van der Waals surface area contributed by atoms with Crippen molar-refractivity contribution < 1.29 is 9.18 Å². The van der Waals surface area contributed by atoms with E-state index in [9.17, 15) is 9.18 Å². The smallest absolute Gasteiger partial charge is 0.215 e. The van der Waals surface area contributed by atoms with E-state index in [1.807, 2.05) is 0 Å². The first-order chi connectivity index (χ1) is 5.81. The van der Waals surface area contributed by atoms with Crippen molar-refractivity contribution in [2.24, 2.45) is 0 Å². The van der Waals surface area contributed by atoms with E-state index in [4.69, 9.17) is 0 Å². The fraction of sp³-hybridized carbons (Fsp3) is 0. The van der Waals surface area contributed by atoms with E-state index in [0.717, 1.165) is 0 Å². The molecule has 0 N–H and O–H groups in total. The van der Waals surface area contributed by atoms with Crippen molar-refractivity contribution in [3.8, 4) is 0 Å². The Morgan fingerprint density at radius 3 is 3.08 bits per heavy atom. The number of fused-ring (bicyclic) bond motifs is 1. The molecule has 2 aromatic heterocycles. The lowest BCUT2D eigenvalue weighted by atomic mass is 10.5. The summed E-state index contributed by atoms with van der Waals surface area (Å²) in [5, 5.41) is 3.69. The summed E-state index contributed by atoms with van der Waals surface area (Å²) in [4.78, 5) is 13.9. The van der Waals surface area contributed by atoms with Gasteiger partial charge in [-0.15, -0.1) is 5.10 Å². The van der Waals surface area contributed by atoms with Crippen LogP contribution in [-0.4, -0.2) is 20.9 Å². The first-order valence-electron chi connectivity index (χ1n) is 3.27. The molecule has 0 atom stereocenters. The normalized spacial score (nSPS) is 10.4. The van der Waals surface area contributed by atoms with Gasteiger partial charge in [-0.25, -0.2) is 13.9 Å². The Morgan fingerprint density at radius 2 is 2.42 bits per heavy atom. The Labute approximate surface area is 66.6 Å². The molecule has 0 aromatic carbocycles. The second kappa shape index (κ2) is 2.37. The zero-order valence-corrected chi connectivity index (χ0v) is 5.94. The minimum Gasteiger partial charge on any atom is -0.294 e. The molecule has 4 nitrogen and oxygen atoms in total. The van der Waals surface area contributed by atoms with Crippen LogP contribution in [0.15, 0.2) is 18.3 Å². The monoisotopic (exact) mass is 165 g/mol. The van der Waals surface area contributed by atoms with Gasteiger partial charge in [0, 0.05) is 6.20 Å². The van der Waals surface area contributed by atoms with Crippen LogP contribution in [0.2, 0.25) is 0 Å². The second-order valence-electron chi connectivity index (χ2n) is 2.21. The van der Waals surface area contributed by atoms with Crippen LogP contribution in [0.25, 0.3) is 5.65 Å². The van der Waals surface area contributed by atoms with Crippen LogP contribution < -0.4 is 0 Å². The van der Waals surface area contributed by atoms with E-state index in [-0.39, 0.29) is 11.5 Å². The van der Waals surface area contributed by atoms with E-state index in [2.05, 4.69) is 10.1 Å². The predicted molar refractivity (Wildman–Crippen MR) is 38.3 cm³/mol. The maximum atomic E-state index is 12.9. The number of carbonyl (C=O) groups excluding carboxylic acids is 1. The van der Waals surface area contributed by atoms with Crippen molar-refractivity contribution in [1.29, 1.82) is 0 Å². The molecule has 0 aliphatic rings. The number of hydrogen-bond acceptors (Lipinski definition) is 3. The highest BCUT2D eigenvalue weighted by atomic mass is 19.1. The van der Waals surface area contributed by atoms with Crippen LogP contribution in [0.4, 0.5) is 4.39 Å². The summed E-state index contributed by atoms with van der Waals surface area (Å²) in [6.07, 6.45) is 2.00. The number of nitrogens with zero attached hydrogens (tertiary/aromatic N) is 3. The molecule has 0 saturated carbocycles. The lowest BCUT2D eigenvalue weighted by molar-refractivity contribution is 0.111. The molecule has 0 unspecified atom stereocenters. The van der Waals surface area contributed by atoms with Crippen molar-refractivity contribution >= 4 is 11.9 Å². The fourth-order valence-electron chi connectivity index (χ4n) is 0.940. The van der Waals surface area contributed by atoms with E-state index < -0.39 is 5.82 Å². The Morgan fingerprint density at radius 1 is 1.58 bits per heavy atom. The topological polar surface area (TPSA) is 47.3 Å². The van der Waals surface area contributed by atoms with Crippen LogP contribution in [0.3, 0.4) is 0 Å². The minimum atomic E-state index is -0.488. The quantitative estimate of drug-likeness (QED) is 0.584. The molecule has 2 heterocycles. The Kier molecular flexibility index (Phi) is 1.36.